The average Bonchev–Trinajstić information content (AvgIpc) is 3.59. The maximum absolute atomic E-state index is 15.1. The number of benzene rings is 3. The molecule has 0 N–H and O–H groups in total. The lowest BCUT2D eigenvalue weighted by Gasteiger charge is -2.39. The number of amidine groups is 1. The molecular formula is C39H46Cl2N6O7S. The topological polar surface area (TPSA) is 125 Å². The Bertz CT molecular complexity index is 2000. The van der Waals surface area contributed by atoms with Crippen molar-refractivity contribution in [1.29, 1.82) is 0 Å². The molecule has 294 valence electrons. The smallest absolute Gasteiger partial charge is 0.326 e. The highest BCUT2D eigenvalue weighted by molar-refractivity contribution is 7.89. The molecule has 3 fully saturated rings. The molecule has 3 saturated heterocycles. The first-order valence-corrected chi connectivity index (χ1v) is 20.8. The zero-order chi connectivity index (χ0) is 38.7. The molecule has 0 aromatic heterocycles. The van der Waals surface area contributed by atoms with Crippen molar-refractivity contribution in [3.63, 3.8) is 0 Å². The van der Waals surface area contributed by atoms with E-state index >= 15 is 4.79 Å². The fourth-order valence-corrected chi connectivity index (χ4v) is 9.42. The van der Waals surface area contributed by atoms with E-state index in [9.17, 15) is 13.2 Å². The van der Waals surface area contributed by atoms with Crippen LogP contribution in [0.4, 0.5) is 4.79 Å². The summed E-state index contributed by atoms with van der Waals surface area (Å²) < 4.78 is 46.9. The molecule has 3 aromatic rings. The highest BCUT2D eigenvalue weighted by atomic mass is 35.5. The number of halogens is 2. The Kier molecular flexibility index (Phi) is 12.3. The molecule has 13 nitrogen and oxygen atoms in total. The van der Waals surface area contributed by atoms with Gasteiger partial charge in [0.2, 0.25) is 15.9 Å². The number of piperazine rings is 1. The lowest BCUT2D eigenvalue weighted by atomic mass is 9.93. The zero-order valence-electron chi connectivity index (χ0n) is 31.0. The number of carbonyl (C=O) groups is 2. The van der Waals surface area contributed by atoms with Gasteiger partial charge in [-0.05, 0) is 66.9 Å². The normalized spacial score (nSPS) is 21.5. The van der Waals surface area contributed by atoms with Crippen LogP contribution in [0.5, 0.6) is 5.75 Å². The number of nitrogens with zero attached hydrogens (tertiary/aromatic N) is 6. The van der Waals surface area contributed by atoms with E-state index in [-0.39, 0.29) is 42.3 Å². The van der Waals surface area contributed by atoms with Crippen LogP contribution in [0.3, 0.4) is 0 Å². The summed E-state index contributed by atoms with van der Waals surface area (Å²) in [5, 5.41) is 1.10. The van der Waals surface area contributed by atoms with E-state index in [0.29, 0.717) is 99.2 Å². The van der Waals surface area contributed by atoms with Crippen molar-refractivity contribution in [3.8, 4) is 5.75 Å². The Balaban J connectivity index is 1.30. The molecular weight excluding hydrogens is 767 g/mol. The Hall–Kier alpha value is -3.76. The van der Waals surface area contributed by atoms with E-state index in [4.69, 9.17) is 42.4 Å². The predicted octanol–water partition coefficient (Wildman–Crippen LogP) is 4.86. The molecule has 3 amide bonds. The van der Waals surface area contributed by atoms with Gasteiger partial charge in [-0.15, -0.1) is 0 Å². The van der Waals surface area contributed by atoms with Crippen LogP contribution in [0.25, 0.3) is 0 Å². The molecule has 0 unspecified atom stereocenters. The second-order valence-corrected chi connectivity index (χ2v) is 16.7. The molecule has 55 heavy (non-hydrogen) atoms. The number of urea groups is 1. The summed E-state index contributed by atoms with van der Waals surface area (Å²) in [7, 11) is -3.94. The van der Waals surface area contributed by atoms with Gasteiger partial charge in [-0.25, -0.2) is 13.2 Å². The van der Waals surface area contributed by atoms with Crippen LogP contribution in [0.1, 0.15) is 41.3 Å². The Morgan fingerprint density at radius 1 is 0.800 bits per heavy atom. The Morgan fingerprint density at radius 2 is 1.38 bits per heavy atom. The largest absolute Gasteiger partial charge is 0.493 e. The summed E-state index contributed by atoms with van der Waals surface area (Å²) in [6, 6.07) is 16.5. The van der Waals surface area contributed by atoms with Crippen molar-refractivity contribution in [3.05, 3.63) is 93.0 Å². The van der Waals surface area contributed by atoms with Gasteiger partial charge in [-0.1, -0.05) is 47.5 Å². The van der Waals surface area contributed by atoms with Crippen LogP contribution in [0, 0.1) is 6.92 Å². The summed E-state index contributed by atoms with van der Waals surface area (Å²) in [6.45, 7) is 9.23. The minimum absolute atomic E-state index is 0.0521. The standard InChI is InChI=1S/C39H46Cl2N6O7S/c1-3-54-33-24-27(2)34(55(50,51)46-18-22-53-23-19-46)25-32(33)38-42-36(28-4-8-30(40)9-5-28)37(29-6-10-31(41)11-7-29)47(38)39(49)45-14-12-43(13-15-45)26-35(48)44-16-20-52-21-17-44/h4-11,24-25,36-37H,3,12-23,26H2,1-2H3/t36-,37+/m0/s1. The maximum atomic E-state index is 15.1. The van der Waals surface area contributed by atoms with Gasteiger partial charge in [0, 0.05) is 62.4 Å². The van der Waals surface area contributed by atoms with E-state index in [1.807, 2.05) is 36.1 Å². The SMILES string of the molecule is CCOc1cc(C)c(S(=O)(=O)N2CCOCC2)cc1C1=N[C@@H](c2ccc(Cl)cc2)[C@@H](c2ccc(Cl)cc2)N1C(=O)N1CCN(CC(=O)N2CCOCC2)CC1. The Morgan fingerprint density at radius 3 is 1.98 bits per heavy atom. The number of morpholine rings is 2. The maximum Gasteiger partial charge on any atom is 0.326 e. The summed E-state index contributed by atoms with van der Waals surface area (Å²) in [6.07, 6.45) is 0. The monoisotopic (exact) mass is 812 g/mol. The number of hydrogen-bond acceptors (Lipinski definition) is 9. The van der Waals surface area contributed by atoms with Gasteiger partial charge in [-0.3, -0.25) is 19.6 Å². The highest BCUT2D eigenvalue weighted by Crippen LogP contribution is 2.46. The van der Waals surface area contributed by atoms with Crippen molar-refractivity contribution in [2.45, 2.75) is 30.8 Å². The summed E-state index contributed by atoms with van der Waals surface area (Å²) >= 11 is 12.7. The third kappa shape index (κ3) is 8.51. The number of hydrogen-bond donors (Lipinski definition) is 0. The van der Waals surface area contributed by atoms with Crippen LogP contribution in [0.2, 0.25) is 10.0 Å². The molecule has 0 aliphatic carbocycles. The van der Waals surface area contributed by atoms with Crippen LogP contribution < -0.4 is 4.74 Å². The van der Waals surface area contributed by atoms with Gasteiger partial charge in [0.25, 0.3) is 0 Å². The minimum atomic E-state index is -3.94. The first-order chi connectivity index (χ1) is 26.5. The average molecular weight is 814 g/mol. The number of amides is 3. The van der Waals surface area contributed by atoms with Gasteiger partial charge in [0.05, 0.1) is 56.1 Å². The van der Waals surface area contributed by atoms with Crippen molar-refractivity contribution in [2.75, 3.05) is 91.9 Å². The first kappa shape index (κ1) is 39.5. The second-order valence-electron chi connectivity index (χ2n) is 13.9. The van der Waals surface area contributed by atoms with E-state index in [2.05, 4.69) is 4.90 Å². The molecule has 7 rings (SSSR count). The third-order valence-corrected chi connectivity index (χ3v) is 13.0. The summed E-state index contributed by atoms with van der Waals surface area (Å²) in [5.74, 6) is 0.753. The lowest BCUT2D eigenvalue weighted by molar-refractivity contribution is -0.136. The fraction of sp³-hybridized carbons (Fsp3) is 0.462. The molecule has 2 atom stereocenters. The first-order valence-electron chi connectivity index (χ1n) is 18.7. The molecule has 0 saturated carbocycles. The summed E-state index contributed by atoms with van der Waals surface area (Å²) in [5.41, 5.74) is 2.51. The molecule has 0 bridgehead atoms. The highest BCUT2D eigenvalue weighted by Gasteiger charge is 2.45. The van der Waals surface area contributed by atoms with Crippen molar-refractivity contribution in [2.24, 2.45) is 4.99 Å². The Labute approximate surface area is 332 Å². The van der Waals surface area contributed by atoms with Gasteiger partial charge in [0.1, 0.15) is 17.6 Å². The number of aliphatic imine (C=N–C) groups is 1. The molecule has 0 radical (unpaired) electrons. The number of carbonyl (C=O) groups excluding carboxylic acids is 2. The number of sulfonamides is 1. The molecule has 4 aliphatic heterocycles. The molecule has 3 aromatic carbocycles. The molecule has 4 aliphatic rings. The number of ether oxygens (including phenoxy) is 3. The second kappa shape index (κ2) is 17.2. The van der Waals surface area contributed by atoms with Gasteiger partial charge < -0.3 is 24.0 Å². The minimum Gasteiger partial charge on any atom is -0.493 e. The third-order valence-electron chi connectivity index (χ3n) is 10.5. The van der Waals surface area contributed by atoms with Crippen molar-refractivity contribution >= 4 is 51.0 Å². The molecule has 16 heteroatoms. The van der Waals surface area contributed by atoms with E-state index < -0.39 is 22.1 Å². The van der Waals surface area contributed by atoms with E-state index in [0.717, 1.165) is 11.1 Å². The van der Waals surface area contributed by atoms with Crippen LogP contribution in [0.15, 0.2) is 70.6 Å². The van der Waals surface area contributed by atoms with E-state index in [1.54, 1.807) is 53.1 Å². The van der Waals surface area contributed by atoms with Gasteiger partial charge in [0.15, 0.2) is 0 Å². The van der Waals surface area contributed by atoms with Crippen molar-refractivity contribution in [1.82, 2.24) is 23.9 Å². The van der Waals surface area contributed by atoms with Crippen LogP contribution >= 0.6 is 23.2 Å². The zero-order valence-corrected chi connectivity index (χ0v) is 33.4. The van der Waals surface area contributed by atoms with Crippen LogP contribution in [-0.4, -0.2) is 142 Å². The number of rotatable bonds is 9. The van der Waals surface area contributed by atoms with E-state index in [1.165, 1.54) is 4.31 Å². The van der Waals surface area contributed by atoms with Crippen molar-refractivity contribution < 1.29 is 32.2 Å². The summed E-state index contributed by atoms with van der Waals surface area (Å²) in [4.78, 5) is 41.0. The fourth-order valence-electron chi connectivity index (χ4n) is 7.52. The predicted molar refractivity (Wildman–Crippen MR) is 209 cm³/mol. The molecule has 4 heterocycles. The lowest BCUT2D eigenvalue weighted by Crippen LogP contribution is -2.56. The quantitative estimate of drug-likeness (QED) is 0.300. The van der Waals surface area contributed by atoms with Crippen LogP contribution in [-0.2, 0) is 24.3 Å². The van der Waals surface area contributed by atoms with Gasteiger partial charge in [-0.2, -0.15) is 4.31 Å². The van der Waals surface area contributed by atoms with Gasteiger partial charge >= 0.3 is 6.03 Å². The number of aryl methyl sites for hydroxylation is 1. The molecule has 0 spiro atoms.